The van der Waals surface area contributed by atoms with Crippen LogP contribution in [0.2, 0.25) is 0 Å². The molecule has 0 unspecified atom stereocenters. The Hall–Kier alpha value is -1.65. The number of benzene rings is 2. The van der Waals surface area contributed by atoms with E-state index in [1.807, 2.05) is 18.2 Å². The summed E-state index contributed by atoms with van der Waals surface area (Å²) >= 11 is 2.12. The van der Waals surface area contributed by atoms with Crippen molar-refractivity contribution in [2.45, 2.75) is 11.8 Å². The zero-order valence-corrected chi connectivity index (χ0v) is 16.1. The van der Waals surface area contributed by atoms with Gasteiger partial charge in [-0.05, 0) is 66.4 Å². The van der Waals surface area contributed by atoms with Crippen molar-refractivity contribution in [3.63, 3.8) is 0 Å². The Balaban J connectivity index is 2.07. The number of halogens is 1. The molecule has 0 radical (unpaired) electrons. The van der Waals surface area contributed by atoms with Gasteiger partial charge < -0.3 is 10.1 Å². The van der Waals surface area contributed by atoms with Gasteiger partial charge in [0, 0.05) is 5.69 Å². The van der Waals surface area contributed by atoms with Crippen molar-refractivity contribution in [1.29, 1.82) is 0 Å². The number of hydrogen-bond acceptors (Lipinski definition) is 4. The summed E-state index contributed by atoms with van der Waals surface area (Å²) in [6.07, 6.45) is 0. The van der Waals surface area contributed by atoms with Gasteiger partial charge in [0.15, 0.2) is 6.61 Å². The third kappa shape index (κ3) is 4.68. The molecular formula is C16H17IN2O4S. The summed E-state index contributed by atoms with van der Waals surface area (Å²) in [6.45, 7) is 1.53. The molecule has 128 valence electrons. The van der Waals surface area contributed by atoms with Gasteiger partial charge in [0.1, 0.15) is 5.75 Å². The van der Waals surface area contributed by atoms with Crippen molar-refractivity contribution in [1.82, 2.24) is 4.72 Å². The number of ether oxygens (including phenoxy) is 1. The van der Waals surface area contributed by atoms with E-state index in [1.165, 1.54) is 13.1 Å². The second-order valence-corrected chi connectivity index (χ2v) is 7.97. The maximum absolute atomic E-state index is 12.0. The molecule has 1 amide bonds. The molecule has 6 nitrogen and oxygen atoms in total. The number of amides is 1. The number of anilines is 1. The SMILES string of the molecule is CNS(=O)(=O)c1cc(NC(=O)COc2ccccc2I)ccc1C. The van der Waals surface area contributed by atoms with Gasteiger partial charge in [0.2, 0.25) is 10.0 Å². The molecule has 0 aliphatic carbocycles. The van der Waals surface area contributed by atoms with Gasteiger partial charge in [0.25, 0.3) is 5.91 Å². The monoisotopic (exact) mass is 460 g/mol. The van der Waals surface area contributed by atoms with E-state index in [4.69, 9.17) is 4.74 Å². The van der Waals surface area contributed by atoms with Gasteiger partial charge in [-0.2, -0.15) is 0 Å². The summed E-state index contributed by atoms with van der Waals surface area (Å²) in [5, 5.41) is 2.64. The number of para-hydroxylation sites is 1. The molecule has 0 spiro atoms. The van der Waals surface area contributed by atoms with E-state index in [0.717, 1.165) is 3.57 Å². The van der Waals surface area contributed by atoms with Gasteiger partial charge in [-0.15, -0.1) is 0 Å². The molecule has 2 N–H and O–H groups in total. The Morgan fingerprint density at radius 2 is 1.92 bits per heavy atom. The second-order valence-electron chi connectivity index (χ2n) is 4.96. The number of aryl methyl sites for hydroxylation is 1. The molecule has 0 aliphatic rings. The molecule has 0 bridgehead atoms. The van der Waals surface area contributed by atoms with E-state index < -0.39 is 10.0 Å². The lowest BCUT2D eigenvalue weighted by atomic mass is 10.2. The lowest BCUT2D eigenvalue weighted by Crippen LogP contribution is -2.22. The molecule has 0 fully saturated rings. The van der Waals surface area contributed by atoms with E-state index in [0.29, 0.717) is 17.0 Å². The van der Waals surface area contributed by atoms with Crippen molar-refractivity contribution in [3.8, 4) is 5.75 Å². The van der Waals surface area contributed by atoms with Crippen molar-refractivity contribution >= 4 is 44.2 Å². The largest absolute Gasteiger partial charge is 0.483 e. The van der Waals surface area contributed by atoms with Crippen LogP contribution in [0.1, 0.15) is 5.56 Å². The number of sulfonamides is 1. The normalized spacial score (nSPS) is 11.1. The third-order valence-electron chi connectivity index (χ3n) is 3.23. The number of rotatable bonds is 6. The maximum atomic E-state index is 12.0. The predicted molar refractivity (Wildman–Crippen MR) is 101 cm³/mol. The Bertz CT molecular complexity index is 853. The van der Waals surface area contributed by atoms with Crippen LogP contribution >= 0.6 is 22.6 Å². The van der Waals surface area contributed by atoms with Gasteiger partial charge >= 0.3 is 0 Å². The van der Waals surface area contributed by atoms with E-state index in [9.17, 15) is 13.2 Å². The zero-order chi connectivity index (χ0) is 17.7. The van der Waals surface area contributed by atoms with Crippen LogP contribution in [-0.2, 0) is 14.8 Å². The van der Waals surface area contributed by atoms with Crippen LogP contribution in [0.5, 0.6) is 5.75 Å². The van der Waals surface area contributed by atoms with Gasteiger partial charge in [-0.25, -0.2) is 13.1 Å². The lowest BCUT2D eigenvalue weighted by Gasteiger charge is -2.11. The highest BCUT2D eigenvalue weighted by molar-refractivity contribution is 14.1. The van der Waals surface area contributed by atoms with E-state index >= 15 is 0 Å². The molecule has 0 saturated carbocycles. The molecule has 24 heavy (non-hydrogen) atoms. The van der Waals surface area contributed by atoms with E-state index in [2.05, 4.69) is 32.6 Å². The van der Waals surface area contributed by atoms with Crippen molar-refractivity contribution in [3.05, 3.63) is 51.6 Å². The quantitative estimate of drug-likeness (QED) is 0.650. The van der Waals surface area contributed by atoms with Crippen LogP contribution in [0.15, 0.2) is 47.4 Å². The third-order valence-corrected chi connectivity index (χ3v) is 5.67. The van der Waals surface area contributed by atoms with Gasteiger partial charge in [-0.1, -0.05) is 18.2 Å². The van der Waals surface area contributed by atoms with Crippen LogP contribution in [0, 0.1) is 10.5 Å². The highest BCUT2D eigenvalue weighted by atomic mass is 127. The Labute approximate surface area is 154 Å². The molecule has 0 atom stereocenters. The summed E-state index contributed by atoms with van der Waals surface area (Å²) in [7, 11) is -2.24. The summed E-state index contributed by atoms with van der Waals surface area (Å²) in [5.74, 6) is 0.252. The molecule has 0 aliphatic heterocycles. The summed E-state index contributed by atoms with van der Waals surface area (Å²) in [6, 6.07) is 12.1. The fourth-order valence-electron chi connectivity index (χ4n) is 1.98. The molecule has 8 heteroatoms. The Morgan fingerprint density at radius 1 is 1.21 bits per heavy atom. The summed E-state index contributed by atoms with van der Waals surface area (Å²) < 4.78 is 32.5. The number of carbonyl (C=O) groups is 1. The number of hydrogen-bond donors (Lipinski definition) is 2. The number of carbonyl (C=O) groups excluding carboxylic acids is 1. The van der Waals surface area contributed by atoms with Gasteiger partial charge in [0.05, 0.1) is 8.47 Å². The predicted octanol–water partition coefficient (Wildman–Crippen LogP) is 2.53. The molecule has 0 aromatic heterocycles. The standard InChI is InChI=1S/C16H17IN2O4S/c1-11-7-8-12(9-15(11)24(21,22)18-2)19-16(20)10-23-14-6-4-3-5-13(14)17/h3-9,18H,10H2,1-2H3,(H,19,20). The highest BCUT2D eigenvalue weighted by Crippen LogP contribution is 2.21. The number of nitrogens with one attached hydrogen (secondary N) is 2. The first kappa shape index (κ1) is 18.7. The molecule has 0 saturated heterocycles. The fourth-order valence-corrected chi connectivity index (χ4v) is 3.52. The topological polar surface area (TPSA) is 84.5 Å². The Morgan fingerprint density at radius 3 is 2.58 bits per heavy atom. The van der Waals surface area contributed by atoms with Gasteiger partial charge in [-0.3, -0.25) is 4.79 Å². The fraction of sp³-hybridized carbons (Fsp3) is 0.188. The lowest BCUT2D eigenvalue weighted by molar-refractivity contribution is -0.118. The molecule has 2 rings (SSSR count). The molecular weight excluding hydrogens is 443 g/mol. The smallest absolute Gasteiger partial charge is 0.262 e. The van der Waals surface area contributed by atoms with Crippen LogP contribution in [0.4, 0.5) is 5.69 Å². The first-order chi connectivity index (χ1) is 11.3. The van der Waals surface area contributed by atoms with Crippen LogP contribution < -0.4 is 14.8 Å². The summed E-state index contributed by atoms with van der Waals surface area (Å²) in [4.78, 5) is 12.1. The summed E-state index contributed by atoms with van der Waals surface area (Å²) in [5.41, 5.74) is 0.989. The first-order valence-electron chi connectivity index (χ1n) is 7.05. The van der Waals surface area contributed by atoms with Crippen molar-refractivity contribution < 1.29 is 17.9 Å². The van der Waals surface area contributed by atoms with Crippen LogP contribution in [-0.4, -0.2) is 28.0 Å². The maximum Gasteiger partial charge on any atom is 0.262 e. The van der Waals surface area contributed by atoms with E-state index in [-0.39, 0.29) is 17.4 Å². The first-order valence-corrected chi connectivity index (χ1v) is 9.61. The minimum absolute atomic E-state index is 0.126. The molecule has 2 aromatic carbocycles. The average molecular weight is 460 g/mol. The zero-order valence-electron chi connectivity index (χ0n) is 13.2. The van der Waals surface area contributed by atoms with Crippen LogP contribution in [0.3, 0.4) is 0 Å². The van der Waals surface area contributed by atoms with Crippen molar-refractivity contribution in [2.24, 2.45) is 0 Å². The second kappa shape index (κ2) is 7.95. The molecule has 2 aromatic rings. The molecule has 0 heterocycles. The average Bonchev–Trinajstić information content (AvgIpc) is 2.55. The van der Waals surface area contributed by atoms with E-state index in [1.54, 1.807) is 25.1 Å². The van der Waals surface area contributed by atoms with Crippen molar-refractivity contribution in [2.75, 3.05) is 19.0 Å². The minimum atomic E-state index is -3.58. The Kier molecular flexibility index (Phi) is 6.19. The van der Waals surface area contributed by atoms with Crippen LogP contribution in [0.25, 0.3) is 0 Å². The highest BCUT2D eigenvalue weighted by Gasteiger charge is 2.16. The minimum Gasteiger partial charge on any atom is -0.483 e.